The van der Waals surface area contributed by atoms with Gasteiger partial charge in [-0.3, -0.25) is 14.4 Å². The third kappa shape index (κ3) is 3.69. The molecule has 3 aliphatic heterocycles. The summed E-state index contributed by atoms with van der Waals surface area (Å²) in [6.07, 6.45) is 2.96. The highest BCUT2D eigenvalue weighted by Crippen LogP contribution is 2.38. The molecule has 1 aliphatic carbocycles. The maximum absolute atomic E-state index is 12.8. The zero-order valence-electron chi connectivity index (χ0n) is 18.2. The molecule has 3 amide bonds. The lowest BCUT2D eigenvalue weighted by Crippen LogP contribution is -2.32. The van der Waals surface area contributed by atoms with E-state index in [4.69, 9.17) is 9.47 Å². The van der Waals surface area contributed by atoms with Gasteiger partial charge >= 0.3 is 0 Å². The molecule has 8 nitrogen and oxygen atoms in total. The Bertz CT molecular complexity index is 1160. The molecule has 2 aromatic carbocycles. The number of hydrogen-bond donors (Lipinski definition) is 1. The highest BCUT2D eigenvalue weighted by molar-refractivity contribution is 6.02. The number of hydrogen-bond acceptors (Lipinski definition) is 5. The fraction of sp³-hybridized carbons (Fsp3) is 0.400. The molecule has 0 bridgehead atoms. The third-order valence-corrected chi connectivity index (χ3v) is 6.86. The van der Waals surface area contributed by atoms with Gasteiger partial charge < -0.3 is 24.6 Å². The molecular weight excluding hydrogens is 422 g/mol. The Balaban J connectivity index is 1.10. The summed E-state index contributed by atoms with van der Waals surface area (Å²) in [6, 6.07) is 11.4. The largest absolute Gasteiger partial charge is 0.454 e. The number of rotatable bonds is 5. The van der Waals surface area contributed by atoms with Crippen molar-refractivity contribution in [3.05, 3.63) is 47.5 Å². The minimum absolute atomic E-state index is 0.0536. The second kappa shape index (κ2) is 7.79. The van der Waals surface area contributed by atoms with Crippen LogP contribution in [0.4, 0.5) is 11.4 Å². The quantitative estimate of drug-likeness (QED) is 0.761. The van der Waals surface area contributed by atoms with Crippen molar-refractivity contribution < 1.29 is 23.9 Å². The second-order valence-corrected chi connectivity index (χ2v) is 9.14. The van der Waals surface area contributed by atoms with Crippen molar-refractivity contribution >= 4 is 29.1 Å². The van der Waals surface area contributed by atoms with E-state index in [0.717, 1.165) is 41.8 Å². The number of carbonyl (C=O) groups is 3. The Morgan fingerprint density at radius 1 is 1.03 bits per heavy atom. The lowest BCUT2D eigenvalue weighted by Gasteiger charge is -2.20. The first kappa shape index (κ1) is 20.1. The minimum Gasteiger partial charge on any atom is -0.454 e. The van der Waals surface area contributed by atoms with Crippen molar-refractivity contribution in [2.24, 2.45) is 11.8 Å². The van der Waals surface area contributed by atoms with Crippen LogP contribution in [-0.2, 0) is 27.3 Å². The van der Waals surface area contributed by atoms with Crippen LogP contribution in [0.1, 0.15) is 30.4 Å². The highest BCUT2D eigenvalue weighted by Gasteiger charge is 2.38. The number of nitrogens with one attached hydrogen (secondary N) is 1. The Hall–Kier alpha value is -3.55. The van der Waals surface area contributed by atoms with E-state index in [2.05, 4.69) is 5.32 Å². The van der Waals surface area contributed by atoms with Gasteiger partial charge in [-0.25, -0.2) is 0 Å². The summed E-state index contributed by atoms with van der Waals surface area (Å²) in [7, 11) is 0. The van der Waals surface area contributed by atoms with Gasteiger partial charge in [0.25, 0.3) is 0 Å². The molecule has 1 saturated carbocycles. The molecule has 4 aliphatic rings. The Morgan fingerprint density at radius 3 is 2.73 bits per heavy atom. The maximum Gasteiger partial charge on any atom is 0.231 e. The van der Waals surface area contributed by atoms with Crippen molar-refractivity contribution in [2.45, 2.75) is 32.2 Å². The second-order valence-electron chi connectivity index (χ2n) is 9.14. The zero-order valence-corrected chi connectivity index (χ0v) is 18.2. The Kier molecular flexibility index (Phi) is 4.74. The first-order valence-electron chi connectivity index (χ1n) is 11.5. The molecule has 0 radical (unpaired) electrons. The average molecular weight is 447 g/mol. The van der Waals surface area contributed by atoms with Gasteiger partial charge in [0, 0.05) is 43.3 Å². The number of nitrogens with zero attached hydrogens (tertiary/aromatic N) is 2. The fourth-order valence-corrected chi connectivity index (χ4v) is 4.85. The summed E-state index contributed by atoms with van der Waals surface area (Å²) < 4.78 is 10.7. The molecule has 8 heteroatoms. The molecule has 1 atom stereocenters. The first-order chi connectivity index (χ1) is 16.1. The molecule has 33 heavy (non-hydrogen) atoms. The van der Waals surface area contributed by atoms with Crippen LogP contribution in [-0.4, -0.2) is 37.6 Å². The summed E-state index contributed by atoms with van der Waals surface area (Å²) in [6.45, 7) is 1.63. The standard InChI is InChI=1S/C25H25N3O5/c29-23-11-18(24(30)26-12-15-1-6-21-22(9-15)33-14-32-21)13-28(23)19-4-5-20-17(10-19)7-8-27(20)25(31)16-2-3-16/h1,4-6,9-10,16,18H,2-3,7-8,11-14H2,(H,26,30)/t18-/m1/s1. The lowest BCUT2D eigenvalue weighted by molar-refractivity contribution is -0.126. The van der Waals surface area contributed by atoms with Crippen molar-refractivity contribution in [1.29, 1.82) is 0 Å². The van der Waals surface area contributed by atoms with Gasteiger partial charge in [0.15, 0.2) is 11.5 Å². The van der Waals surface area contributed by atoms with Crippen LogP contribution in [0, 0.1) is 11.8 Å². The third-order valence-electron chi connectivity index (χ3n) is 6.86. The van der Waals surface area contributed by atoms with Gasteiger partial charge in [0.2, 0.25) is 24.5 Å². The molecule has 2 fully saturated rings. The van der Waals surface area contributed by atoms with Crippen LogP contribution in [0.15, 0.2) is 36.4 Å². The lowest BCUT2D eigenvalue weighted by atomic mass is 10.1. The zero-order chi connectivity index (χ0) is 22.5. The number of amides is 3. The maximum atomic E-state index is 12.8. The first-order valence-corrected chi connectivity index (χ1v) is 11.5. The Labute approximate surface area is 191 Å². The predicted molar refractivity (Wildman–Crippen MR) is 120 cm³/mol. The molecule has 0 unspecified atom stereocenters. The summed E-state index contributed by atoms with van der Waals surface area (Å²) in [5.74, 6) is 1.21. The molecule has 0 spiro atoms. The SMILES string of the molecule is O=C(NCc1ccc2c(c1)OCO2)[C@@H]1CC(=O)N(c2ccc3c(c2)CCN3C(=O)C2CC2)C1. The van der Waals surface area contributed by atoms with E-state index in [1.807, 2.05) is 41.3 Å². The molecule has 1 saturated heterocycles. The molecule has 1 N–H and O–H groups in total. The summed E-state index contributed by atoms with van der Waals surface area (Å²) in [5, 5.41) is 2.94. The van der Waals surface area contributed by atoms with Crippen LogP contribution < -0.4 is 24.6 Å². The topological polar surface area (TPSA) is 88.2 Å². The summed E-state index contributed by atoms with van der Waals surface area (Å²) >= 11 is 0. The number of fused-ring (bicyclic) bond motifs is 2. The molecule has 2 aromatic rings. The van der Waals surface area contributed by atoms with Crippen LogP contribution in [0.2, 0.25) is 0 Å². The van der Waals surface area contributed by atoms with E-state index < -0.39 is 5.92 Å². The molecule has 6 rings (SSSR count). The summed E-state index contributed by atoms with van der Waals surface area (Å²) in [5.41, 5.74) is 3.76. The summed E-state index contributed by atoms with van der Waals surface area (Å²) in [4.78, 5) is 41.6. The van der Waals surface area contributed by atoms with E-state index in [9.17, 15) is 14.4 Å². The number of benzene rings is 2. The normalized spacial score (nSPS) is 20.8. The van der Waals surface area contributed by atoms with Gasteiger partial charge in [-0.15, -0.1) is 0 Å². The van der Waals surface area contributed by atoms with Gasteiger partial charge in [-0.1, -0.05) is 6.07 Å². The highest BCUT2D eigenvalue weighted by atomic mass is 16.7. The predicted octanol–water partition coefficient (Wildman–Crippen LogP) is 2.38. The smallest absolute Gasteiger partial charge is 0.231 e. The van der Waals surface area contributed by atoms with Crippen molar-refractivity contribution in [2.75, 3.05) is 29.7 Å². The van der Waals surface area contributed by atoms with Crippen LogP contribution in [0.5, 0.6) is 11.5 Å². The molecule has 0 aromatic heterocycles. The minimum atomic E-state index is -0.396. The number of ether oxygens (including phenoxy) is 2. The van der Waals surface area contributed by atoms with Crippen molar-refractivity contribution in [1.82, 2.24) is 5.32 Å². The number of anilines is 2. The van der Waals surface area contributed by atoms with E-state index in [-0.39, 0.29) is 36.9 Å². The van der Waals surface area contributed by atoms with Crippen LogP contribution >= 0.6 is 0 Å². The monoisotopic (exact) mass is 447 g/mol. The molecule has 170 valence electrons. The van der Waals surface area contributed by atoms with E-state index in [1.165, 1.54) is 0 Å². The van der Waals surface area contributed by atoms with E-state index in [1.54, 1.807) is 4.90 Å². The van der Waals surface area contributed by atoms with Gasteiger partial charge in [-0.2, -0.15) is 0 Å². The Morgan fingerprint density at radius 2 is 1.88 bits per heavy atom. The van der Waals surface area contributed by atoms with Crippen LogP contribution in [0.3, 0.4) is 0 Å². The van der Waals surface area contributed by atoms with Gasteiger partial charge in [0.1, 0.15) is 0 Å². The fourth-order valence-electron chi connectivity index (χ4n) is 4.85. The molecule has 3 heterocycles. The average Bonchev–Trinajstić information content (AvgIpc) is 3.24. The van der Waals surface area contributed by atoms with E-state index in [0.29, 0.717) is 31.1 Å². The molecular formula is C25H25N3O5. The van der Waals surface area contributed by atoms with Gasteiger partial charge in [-0.05, 0) is 60.7 Å². The van der Waals surface area contributed by atoms with E-state index >= 15 is 0 Å². The number of carbonyl (C=O) groups excluding carboxylic acids is 3. The van der Waals surface area contributed by atoms with Crippen LogP contribution in [0.25, 0.3) is 0 Å². The van der Waals surface area contributed by atoms with Crippen molar-refractivity contribution in [3.63, 3.8) is 0 Å². The van der Waals surface area contributed by atoms with Crippen molar-refractivity contribution in [3.8, 4) is 11.5 Å². The van der Waals surface area contributed by atoms with Gasteiger partial charge in [0.05, 0.1) is 5.92 Å².